The molecule has 2 heterocycles. The standard InChI is InChI=1S/C21H22N2O3/c1-13-2-3-19-16(8-13)12-20(26-19)21(25)23-18(15-10-17(24)11-15)9-14-4-6-22-7-5-14/h2-8,12,15,17-18,24H,9-11H2,1H3,(H,23,25). The molecule has 2 N–H and O–H groups in total. The molecule has 1 unspecified atom stereocenters. The number of hydrogen-bond donors (Lipinski definition) is 2. The third-order valence-electron chi connectivity index (χ3n) is 5.14. The number of aryl methyl sites for hydroxylation is 1. The van der Waals surface area contributed by atoms with Gasteiger partial charge >= 0.3 is 0 Å². The molecule has 3 aromatic rings. The molecule has 0 radical (unpaired) electrons. The molecule has 0 aliphatic heterocycles. The molecule has 134 valence electrons. The zero-order valence-electron chi connectivity index (χ0n) is 14.7. The van der Waals surface area contributed by atoms with E-state index < -0.39 is 0 Å². The number of nitrogens with one attached hydrogen (secondary N) is 1. The molecule has 1 aromatic carbocycles. The Bertz CT molecular complexity index is 913. The topological polar surface area (TPSA) is 75.4 Å². The van der Waals surface area contributed by atoms with Crippen molar-refractivity contribution in [2.45, 2.75) is 38.3 Å². The number of carbonyl (C=O) groups is 1. The maximum absolute atomic E-state index is 12.7. The molecule has 1 amide bonds. The Morgan fingerprint density at radius 1 is 1.27 bits per heavy atom. The molecule has 0 bridgehead atoms. The lowest BCUT2D eigenvalue weighted by Gasteiger charge is -2.38. The van der Waals surface area contributed by atoms with Crippen LogP contribution in [0.3, 0.4) is 0 Å². The van der Waals surface area contributed by atoms with Crippen LogP contribution < -0.4 is 5.32 Å². The van der Waals surface area contributed by atoms with Gasteiger partial charge in [-0.3, -0.25) is 9.78 Å². The van der Waals surface area contributed by atoms with E-state index in [0.29, 0.717) is 17.8 Å². The average Bonchev–Trinajstić information content (AvgIpc) is 3.02. The smallest absolute Gasteiger partial charge is 0.287 e. The Morgan fingerprint density at radius 2 is 2.04 bits per heavy atom. The van der Waals surface area contributed by atoms with Gasteiger partial charge in [-0.2, -0.15) is 0 Å². The first kappa shape index (κ1) is 16.8. The lowest BCUT2D eigenvalue weighted by molar-refractivity contribution is 0.0236. The van der Waals surface area contributed by atoms with Gasteiger partial charge in [0, 0.05) is 23.8 Å². The minimum Gasteiger partial charge on any atom is -0.451 e. The highest BCUT2D eigenvalue weighted by atomic mass is 16.3. The van der Waals surface area contributed by atoms with Crippen molar-refractivity contribution < 1.29 is 14.3 Å². The van der Waals surface area contributed by atoms with E-state index in [1.807, 2.05) is 37.3 Å². The van der Waals surface area contributed by atoms with Gasteiger partial charge in [-0.05, 0) is 68.0 Å². The van der Waals surface area contributed by atoms with E-state index in [4.69, 9.17) is 4.42 Å². The molecule has 1 atom stereocenters. The van der Waals surface area contributed by atoms with Gasteiger partial charge in [0.1, 0.15) is 5.58 Å². The van der Waals surface area contributed by atoms with Crippen LogP contribution in [0.25, 0.3) is 11.0 Å². The summed E-state index contributed by atoms with van der Waals surface area (Å²) in [4.78, 5) is 16.8. The molecular weight excluding hydrogens is 328 g/mol. The van der Waals surface area contributed by atoms with Crippen molar-refractivity contribution in [3.05, 3.63) is 65.7 Å². The highest BCUT2D eigenvalue weighted by Gasteiger charge is 2.35. The van der Waals surface area contributed by atoms with Gasteiger partial charge in [0.15, 0.2) is 5.76 Å². The number of hydrogen-bond acceptors (Lipinski definition) is 4. The molecule has 0 spiro atoms. The number of aliphatic hydroxyl groups is 1. The Labute approximate surface area is 152 Å². The maximum atomic E-state index is 12.7. The summed E-state index contributed by atoms with van der Waals surface area (Å²) in [5.41, 5.74) is 2.96. The molecule has 5 heteroatoms. The van der Waals surface area contributed by atoms with Crippen LogP contribution in [0.4, 0.5) is 0 Å². The molecule has 1 saturated carbocycles. The normalized spacial score (nSPS) is 20.5. The van der Waals surface area contributed by atoms with Crippen molar-refractivity contribution in [2.75, 3.05) is 0 Å². The van der Waals surface area contributed by atoms with Crippen molar-refractivity contribution in [2.24, 2.45) is 5.92 Å². The number of aromatic nitrogens is 1. The number of nitrogens with zero attached hydrogens (tertiary/aromatic N) is 1. The minimum atomic E-state index is -0.258. The van der Waals surface area contributed by atoms with Crippen molar-refractivity contribution in [3.63, 3.8) is 0 Å². The fourth-order valence-electron chi connectivity index (χ4n) is 3.58. The van der Waals surface area contributed by atoms with Gasteiger partial charge < -0.3 is 14.8 Å². The number of furan rings is 1. The molecule has 26 heavy (non-hydrogen) atoms. The number of carbonyl (C=O) groups excluding carboxylic acids is 1. The summed E-state index contributed by atoms with van der Waals surface area (Å²) in [6.45, 7) is 2.01. The van der Waals surface area contributed by atoms with Crippen molar-refractivity contribution in [1.82, 2.24) is 10.3 Å². The summed E-state index contributed by atoms with van der Waals surface area (Å²) in [6.07, 6.45) is 5.40. The van der Waals surface area contributed by atoms with E-state index in [0.717, 1.165) is 29.4 Å². The number of benzene rings is 1. The monoisotopic (exact) mass is 350 g/mol. The molecule has 1 aliphatic carbocycles. The molecule has 0 saturated heterocycles. The second-order valence-corrected chi connectivity index (χ2v) is 7.18. The SMILES string of the molecule is Cc1ccc2oc(C(=O)NC(Cc3ccncc3)C3CC(O)C3)cc2c1. The number of fused-ring (bicyclic) bond motifs is 1. The largest absolute Gasteiger partial charge is 0.451 e. The molecule has 1 aliphatic rings. The first-order valence-corrected chi connectivity index (χ1v) is 8.96. The summed E-state index contributed by atoms with van der Waals surface area (Å²) in [7, 11) is 0. The lowest BCUT2D eigenvalue weighted by atomic mass is 9.75. The quantitative estimate of drug-likeness (QED) is 0.741. The van der Waals surface area contributed by atoms with Crippen molar-refractivity contribution >= 4 is 16.9 Å². The third-order valence-corrected chi connectivity index (χ3v) is 5.14. The molecule has 5 nitrogen and oxygen atoms in total. The van der Waals surface area contributed by atoms with Gasteiger partial charge in [0.25, 0.3) is 5.91 Å². The summed E-state index contributed by atoms with van der Waals surface area (Å²) < 4.78 is 5.72. The molecular formula is C21H22N2O3. The highest BCUT2D eigenvalue weighted by molar-refractivity contribution is 5.96. The van der Waals surface area contributed by atoms with Gasteiger partial charge in [-0.15, -0.1) is 0 Å². The van der Waals surface area contributed by atoms with Crippen LogP contribution in [-0.2, 0) is 6.42 Å². The average molecular weight is 350 g/mol. The predicted molar refractivity (Wildman–Crippen MR) is 98.9 cm³/mol. The Balaban J connectivity index is 1.52. The second-order valence-electron chi connectivity index (χ2n) is 7.18. The first-order chi connectivity index (χ1) is 12.6. The molecule has 2 aromatic heterocycles. The van der Waals surface area contributed by atoms with Crippen LogP contribution in [0.1, 0.15) is 34.5 Å². The predicted octanol–water partition coefficient (Wildman–Crippen LogP) is 3.25. The lowest BCUT2D eigenvalue weighted by Crippen LogP contribution is -2.48. The molecule has 4 rings (SSSR count). The summed E-state index contributed by atoms with van der Waals surface area (Å²) in [5, 5.41) is 13.7. The van der Waals surface area contributed by atoms with Crippen LogP contribution in [0.2, 0.25) is 0 Å². The Morgan fingerprint density at radius 3 is 2.77 bits per heavy atom. The van der Waals surface area contributed by atoms with Crippen molar-refractivity contribution in [3.8, 4) is 0 Å². The van der Waals surface area contributed by atoms with E-state index in [1.54, 1.807) is 18.5 Å². The van der Waals surface area contributed by atoms with Crippen LogP contribution in [0, 0.1) is 12.8 Å². The van der Waals surface area contributed by atoms with Crippen LogP contribution in [0.15, 0.2) is 53.2 Å². The van der Waals surface area contributed by atoms with E-state index >= 15 is 0 Å². The number of rotatable bonds is 5. The van der Waals surface area contributed by atoms with Gasteiger partial charge in [0.05, 0.1) is 6.10 Å². The Hall–Kier alpha value is -2.66. The van der Waals surface area contributed by atoms with E-state index in [9.17, 15) is 9.90 Å². The van der Waals surface area contributed by atoms with Gasteiger partial charge in [-0.1, -0.05) is 11.6 Å². The van der Waals surface area contributed by atoms with Crippen LogP contribution in [-0.4, -0.2) is 28.1 Å². The third kappa shape index (κ3) is 3.48. The van der Waals surface area contributed by atoms with Crippen LogP contribution >= 0.6 is 0 Å². The minimum absolute atomic E-state index is 0.0387. The van der Waals surface area contributed by atoms with Crippen LogP contribution in [0.5, 0.6) is 0 Å². The summed E-state index contributed by atoms with van der Waals surface area (Å²) in [5.74, 6) is 0.387. The fourth-order valence-corrected chi connectivity index (χ4v) is 3.58. The zero-order chi connectivity index (χ0) is 18.1. The second kappa shape index (κ2) is 6.92. The van der Waals surface area contributed by atoms with Gasteiger partial charge in [-0.25, -0.2) is 0 Å². The fraction of sp³-hybridized carbons (Fsp3) is 0.333. The van der Waals surface area contributed by atoms with Gasteiger partial charge in [0.2, 0.25) is 0 Å². The maximum Gasteiger partial charge on any atom is 0.287 e. The highest BCUT2D eigenvalue weighted by Crippen LogP contribution is 2.32. The summed E-state index contributed by atoms with van der Waals surface area (Å²) >= 11 is 0. The van der Waals surface area contributed by atoms with E-state index in [1.165, 1.54) is 0 Å². The molecule has 1 fully saturated rings. The first-order valence-electron chi connectivity index (χ1n) is 8.96. The van der Waals surface area contributed by atoms with E-state index in [2.05, 4.69) is 10.3 Å². The number of aliphatic hydroxyl groups excluding tert-OH is 1. The zero-order valence-corrected chi connectivity index (χ0v) is 14.7. The Kier molecular flexibility index (Phi) is 4.47. The van der Waals surface area contributed by atoms with Crippen molar-refractivity contribution in [1.29, 1.82) is 0 Å². The number of pyridine rings is 1. The summed E-state index contributed by atoms with van der Waals surface area (Å²) in [6, 6.07) is 11.5. The number of amides is 1. The van der Waals surface area contributed by atoms with E-state index in [-0.39, 0.29) is 24.0 Å².